The van der Waals surface area contributed by atoms with Crippen LogP contribution in [-0.4, -0.2) is 18.7 Å². The maximum absolute atomic E-state index is 11.8. The topological polar surface area (TPSA) is 59.9 Å². The van der Waals surface area contributed by atoms with Gasteiger partial charge in [-0.1, -0.05) is 41.9 Å². The zero-order chi connectivity index (χ0) is 20.5. The van der Waals surface area contributed by atoms with Gasteiger partial charge in [0.1, 0.15) is 18.1 Å². The lowest BCUT2D eigenvalue weighted by Crippen LogP contribution is -2.24. The van der Waals surface area contributed by atoms with E-state index < -0.39 is 0 Å². The lowest BCUT2D eigenvalue weighted by Gasteiger charge is -2.07. The number of carbonyl (C=O) groups is 1. The summed E-state index contributed by atoms with van der Waals surface area (Å²) in [6, 6.07) is 22.4. The van der Waals surface area contributed by atoms with Crippen molar-refractivity contribution in [2.75, 3.05) is 6.61 Å². The molecule has 148 valence electrons. The highest BCUT2D eigenvalue weighted by molar-refractivity contribution is 9.10. The van der Waals surface area contributed by atoms with E-state index in [2.05, 4.69) is 26.5 Å². The van der Waals surface area contributed by atoms with Crippen molar-refractivity contribution in [1.29, 1.82) is 0 Å². The molecule has 0 aliphatic rings. The normalized spacial score (nSPS) is 10.7. The van der Waals surface area contributed by atoms with Crippen LogP contribution >= 0.6 is 27.5 Å². The van der Waals surface area contributed by atoms with Gasteiger partial charge in [0.15, 0.2) is 6.61 Å². The molecule has 0 saturated carbocycles. The summed E-state index contributed by atoms with van der Waals surface area (Å²) in [5.74, 6) is 0.919. The molecule has 5 nitrogen and oxygen atoms in total. The van der Waals surface area contributed by atoms with E-state index in [0.717, 1.165) is 16.9 Å². The molecule has 0 spiro atoms. The fourth-order valence-electron chi connectivity index (χ4n) is 2.34. The maximum Gasteiger partial charge on any atom is 0.277 e. The molecule has 0 aliphatic heterocycles. The van der Waals surface area contributed by atoms with Crippen LogP contribution in [0.25, 0.3) is 0 Å². The number of amides is 1. The Bertz CT molecular complexity index is 979. The second kappa shape index (κ2) is 10.6. The third-order valence-corrected chi connectivity index (χ3v) is 4.64. The number of benzene rings is 3. The van der Waals surface area contributed by atoms with Gasteiger partial charge in [-0.15, -0.1) is 0 Å². The number of hydrogen-bond acceptors (Lipinski definition) is 4. The Morgan fingerprint density at radius 1 is 1.03 bits per heavy atom. The van der Waals surface area contributed by atoms with E-state index in [1.54, 1.807) is 24.4 Å². The summed E-state index contributed by atoms with van der Waals surface area (Å²) >= 11 is 9.20. The van der Waals surface area contributed by atoms with Crippen molar-refractivity contribution in [1.82, 2.24) is 5.43 Å². The Morgan fingerprint density at radius 2 is 1.79 bits per heavy atom. The molecular formula is C22H18BrClN2O3. The highest BCUT2D eigenvalue weighted by atomic mass is 79.9. The van der Waals surface area contributed by atoms with Crippen LogP contribution in [0.3, 0.4) is 0 Å². The van der Waals surface area contributed by atoms with Crippen LogP contribution in [0.5, 0.6) is 11.5 Å². The van der Waals surface area contributed by atoms with Crippen LogP contribution in [0.4, 0.5) is 0 Å². The van der Waals surface area contributed by atoms with Crippen LogP contribution in [0.15, 0.2) is 82.4 Å². The SMILES string of the molecule is O=C(COc1ccc(Cl)cc1Br)NN=Cc1ccc(OCc2ccccc2)cc1. The van der Waals surface area contributed by atoms with Crippen LogP contribution in [0, 0.1) is 0 Å². The quantitative estimate of drug-likeness (QED) is 0.361. The number of nitrogens with zero attached hydrogens (tertiary/aromatic N) is 1. The minimum absolute atomic E-state index is 0.163. The third kappa shape index (κ3) is 6.93. The molecule has 0 unspecified atom stereocenters. The fourth-order valence-corrected chi connectivity index (χ4v) is 3.13. The molecule has 0 bridgehead atoms. The summed E-state index contributed by atoms with van der Waals surface area (Å²) in [5.41, 5.74) is 4.36. The van der Waals surface area contributed by atoms with Crippen molar-refractivity contribution in [2.45, 2.75) is 6.61 Å². The summed E-state index contributed by atoms with van der Waals surface area (Å²) in [7, 11) is 0. The minimum atomic E-state index is -0.370. The number of ether oxygens (including phenoxy) is 2. The van der Waals surface area contributed by atoms with Gasteiger partial charge in [-0.25, -0.2) is 5.43 Å². The molecule has 0 fully saturated rings. The molecule has 0 atom stereocenters. The molecule has 0 aliphatic carbocycles. The number of hydrogen-bond donors (Lipinski definition) is 1. The van der Waals surface area contributed by atoms with Gasteiger partial charge in [-0.3, -0.25) is 4.79 Å². The number of hydrazone groups is 1. The summed E-state index contributed by atoms with van der Waals surface area (Å²) in [5, 5.41) is 4.51. The number of nitrogens with one attached hydrogen (secondary N) is 1. The predicted molar refractivity (Wildman–Crippen MR) is 118 cm³/mol. The van der Waals surface area contributed by atoms with E-state index in [-0.39, 0.29) is 12.5 Å². The lowest BCUT2D eigenvalue weighted by atomic mass is 10.2. The molecule has 0 aromatic heterocycles. The largest absolute Gasteiger partial charge is 0.489 e. The zero-order valence-electron chi connectivity index (χ0n) is 15.3. The summed E-state index contributed by atoms with van der Waals surface area (Å²) in [6.45, 7) is 0.345. The van der Waals surface area contributed by atoms with Gasteiger partial charge >= 0.3 is 0 Å². The number of halogens is 2. The Labute approximate surface area is 182 Å². The van der Waals surface area contributed by atoms with Crippen molar-refractivity contribution in [3.05, 3.63) is 93.4 Å². The van der Waals surface area contributed by atoms with E-state index >= 15 is 0 Å². The highest BCUT2D eigenvalue weighted by Gasteiger charge is 2.05. The summed E-state index contributed by atoms with van der Waals surface area (Å²) in [4.78, 5) is 11.8. The van der Waals surface area contributed by atoms with Gasteiger partial charge in [-0.2, -0.15) is 5.10 Å². The molecule has 0 radical (unpaired) electrons. The molecule has 0 saturated heterocycles. The van der Waals surface area contributed by atoms with Gasteiger partial charge in [0, 0.05) is 5.02 Å². The molecule has 7 heteroatoms. The first kappa shape index (κ1) is 20.9. The Kier molecular flexibility index (Phi) is 7.67. The first-order chi connectivity index (χ1) is 14.1. The van der Waals surface area contributed by atoms with E-state index in [9.17, 15) is 4.79 Å². The minimum Gasteiger partial charge on any atom is -0.489 e. The first-order valence-electron chi connectivity index (χ1n) is 8.77. The van der Waals surface area contributed by atoms with Gasteiger partial charge in [0.25, 0.3) is 5.91 Å². The second-order valence-corrected chi connectivity index (χ2v) is 7.29. The fraction of sp³-hybridized carbons (Fsp3) is 0.0909. The van der Waals surface area contributed by atoms with E-state index in [1.165, 1.54) is 0 Å². The van der Waals surface area contributed by atoms with Crippen LogP contribution in [0.2, 0.25) is 5.02 Å². The summed E-state index contributed by atoms with van der Waals surface area (Å²) in [6.07, 6.45) is 1.55. The Balaban J connectivity index is 1.43. The predicted octanol–water partition coefficient (Wildman–Crippen LogP) is 5.21. The summed E-state index contributed by atoms with van der Waals surface area (Å²) < 4.78 is 11.8. The van der Waals surface area contributed by atoms with Gasteiger partial charge in [-0.05, 0) is 69.5 Å². The van der Waals surface area contributed by atoms with Crippen LogP contribution < -0.4 is 14.9 Å². The molecule has 1 amide bonds. The average Bonchev–Trinajstić information content (AvgIpc) is 2.73. The Morgan fingerprint density at radius 3 is 2.52 bits per heavy atom. The first-order valence-corrected chi connectivity index (χ1v) is 9.94. The van der Waals surface area contributed by atoms with Crippen molar-refractivity contribution in [2.24, 2.45) is 5.10 Å². The standard InChI is InChI=1S/C22H18BrClN2O3/c23-20-12-18(24)8-11-21(20)29-15-22(27)26-25-13-16-6-9-19(10-7-16)28-14-17-4-2-1-3-5-17/h1-13H,14-15H2,(H,26,27). The number of carbonyl (C=O) groups excluding carboxylic acids is 1. The maximum atomic E-state index is 11.8. The smallest absolute Gasteiger partial charge is 0.277 e. The molecule has 1 N–H and O–H groups in total. The average molecular weight is 474 g/mol. The molecule has 3 rings (SSSR count). The molecule has 29 heavy (non-hydrogen) atoms. The van der Waals surface area contributed by atoms with Crippen molar-refractivity contribution in [3.63, 3.8) is 0 Å². The van der Waals surface area contributed by atoms with E-state index in [0.29, 0.717) is 21.9 Å². The molecular weight excluding hydrogens is 456 g/mol. The Hall–Kier alpha value is -2.83. The molecule has 3 aromatic carbocycles. The van der Waals surface area contributed by atoms with Crippen LogP contribution in [-0.2, 0) is 11.4 Å². The van der Waals surface area contributed by atoms with Crippen molar-refractivity contribution < 1.29 is 14.3 Å². The second-order valence-electron chi connectivity index (χ2n) is 6.00. The number of rotatable bonds is 8. The zero-order valence-corrected chi connectivity index (χ0v) is 17.7. The van der Waals surface area contributed by atoms with Crippen LogP contribution in [0.1, 0.15) is 11.1 Å². The van der Waals surface area contributed by atoms with Crippen molar-refractivity contribution in [3.8, 4) is 11.5 Å². The van der Waals surface area contributed by atoms with Gasteiger partial charge < -0.3 is 9.47 Å². The van der Waals surface area contributed by atoms with Crippen molar-refractivity contribution >= 4 is 39.7 Å². The van der Waals surface area contributed by atoms with E-state index in [1.807, 2.05) is 54.6 Å². The highest BCUT2D eigenvalue weighted by Crippen LogP contribution is 2.27. The van der Waals surface area contributed by atoms with E-state index in [4.69, 9.17) is 21.1 Å². The van der Waals surface area contributed by atoms with Gasteiger partial charge in [0.2, 0.25) is 0 Å². The molecule has 0 heterocycles. The van der Waals surface area contributed by atoms with Gasteiger partial charge in [0.05, 0.1) is 10.7 Å². The third-order valence-electron chi connectivity index (χ3n) is 3.78. The lowest BCUT2D eigenvalue weighted by molar-refractivity contribution is -0.123. The monoisotopic (exact) mass is 472 g/mol. The molecule has 3 aromatic rings.